The first-order valence-electron chi connectivity index (χ1n) is 10.0. The maximum Gasteiger partial charge on any atom is 0.287 e. The summed E-state index contributed by atoms with van der Waals surface area (Å²) in [4.78, 5) is 27.2. The molecule has 2 unspecified atom stereocenters. The van der Waals surface area contributed by atoms with Crippen LogP contribution >= 0.6 is 0 Å². The molecule has 1 fully saturated rings. The molecule has 2 aromatic rings. The van der Waals surface area contributed by atoms with Gasteiger partial charge in [0.25, 0.3) is 5.91 Å². The number of amides is 2. The molecular formula is C22H29N3O4. The Balaban J connectivity index is 1.49. The van der Waals surface area contributed by atoms with E-state index in [2.05, 4.69) is 27.7 Å². The van der Waals surface area contributed by atoms with Crippen LogP contribution in [-0.2, 0) is 16.1 Å². The number of rotatable bonds is 8. The van der Waals surface area contributed by atoms with Crippen LogP contribution in [0.15, 0.2) is 53.1 Å². The van der Waals surface area contributed by atoms with Crippen LogP contribution in [0.25, 0.3) is 0 Å². The van der Waals surface area contributed by atoms with E-state index in [1.807, 2.05) is 32.0 Å². The second-order valence-electron chi connectivity index (χ2n) is 7.63. The lowest BCUT2D eigenvalue weighted by Crippen LogP contribution is -2.53. The maximum atomic E-state index is 12.7. The Morgan fingerprint density at radius 3 is 2.66 bits per heavy atom. The summed E-state index contributed by atoms with van der Waals surface area (Å²) in [7, 11) is 0. The first-order valence-corrected chi connectivity index (χ1v) is 10.0. The van der Waals surface area contributed by atoms with Crippen molar-refractivity contribution in [3.63, 3.8) is 0 Å². The summed E-state index contributed by atoms with van der Waals surface area (Å²) in [5, 5.41) is 5.68. The van der Waals surface area contributed by atoms with Crippen LogP contribution in [-0.4, -0.2) is 55.1 Å². The molecule has 156 valence electrons. The minimum Gasteiger partial charge on any atom is -0.459 e. The van der Waals surface area contributed by atoms with Gasteiger partial charge in [-0.1, -0.05) is 44.2 Å². The van der Waals surface area contributed by atoms with Gasteiger partial charge in [0, 0.05) is 26.2 Å². The van der Waals surface area contributed by atoms with Crippen molar-refractivity contribution in [2.45, 2.75) is 32.5 Å². The minimum absolute atomic E-state index is 0.0595. The van der Waals surface area contributed by atoms with Gasteiger partial charge < -0.3 is 19.8 Å². The number of morpholine rings is 1. The zero-order valence-electron chi connectivity index (χ0n) is 17.0. The highest BCUT2D eigenvalue weighted by Gasteiger charge is 2.27. The number of nitrogens with zero attached hydrogens (tertiary/aromatic N) is 1. The molecule has 2 atom stereocenters. The number of carbonyl (C=O) groups excluding carboxylic acids is 2. The highest BCUT2D eigenvalue weighted by atomic mass is 16.5. The highest BCUT2D eigenvalue weighted by molar-refractivity contribution is 5.95. The van der Waals surface area contributed by atoms with Crippen LogP contribution in [0.3, 0.4) is 0 Å². The topological polar surface area (TPSA) is 83.8 Å². The summed E-state index contributed by atoms with van der Waals surface area (Å²) in [6.45, 7) is 7.31. The molecule has 1 aliphatic heterocycles. The summed E-state index contributed by atoms with van der Waals surface area (Å²) in [5.74, 6) is -0.484. The molecule has 1 aromatic carbocycles. The Morgan fingerprint density at radius 2 is 1.97 bits per heavy atom. The Kier molecular flexibility index (Phi) is 7.43. The molecule has 3 rings (SSSR count). The molecule has 2 heterocycles. The van der Waals surface area contributed by atoms with Crippen molar-refractivity contribution in [3.05, 3.63) is 60.1 Å². The lowest BCUT2D eigenvalue weighted by molar-refractivity contribution is -0.125. The van der Waals surface area contributed by atoms with Crippen LogP contribution in [0, 0.1) is 5.92 Å². The summed E-state index contributed by atoms with van der Waals surface area (Å²) < 4.78 is 10.9. The average molecular weight is 399 g/mol. The van der Waals surface area contributed by atoms with Gasteiger partial charge in [-0.3, -0.25) is 14.5 Å². The van der Waals surface area contributed by atoms with Crippen LogP contribution in [0.1, 0.15) is 30.0 Å². The predicted octanol–water partition coefficient (Wildman–Crippen LogP) is 2.05. The van der Waals surface area contributed by atoms with E-state index in [1.165, 1.54) is 11.8 Å². The van der Waals surface area contributed by atoms with E-state index in [0.717, 1.165) is 19.6 Å². The number of nitrogens with one attached hydrogen (secondary N) is 2. The second kappa shape index (κ2) is 10.2. The number of ether oxygens (including phenoxy) is 1. The smallest absolute Gasteiger partial charge is 0.287 e. The quantitative estimate of drug-likeness (QED) is 0.710. The first-order chi connectivity index (χ1) is 14.0. The number of furan rings is 1. The van der Waals surface area contributed by atoms with Crippen molar-refractivity contribution in [3.8, 4) is 0 Å². The standard InChI is InChI=1S/C22H29N3O4/c1-16(2)20(24-21(26)19-9-6-11-29-19)22(27)23-13-18-15-25(10-12-28-18)14-17-7-4-3-5-8-17/h3-9,11,16,18,20H,10,12-15H2,1-2H3,(H,23,27)(H,24,26). The van der Waals surface area contributed by atoms with E-state index < -0.39 is 11.9 Å². The molecule has 0 aliphatic carbocycles. The van der Waals surface area contributed by atoms with Crippen LogP contribution in [0.5, 0.6) is 0 Å². The first kappa shape index (κ1) is 21.1. The van der Waals surface area contributed by atoms with Gasteiger partial charge in [0.05, 0.1) is 19.0 Å². The second-order valence-corrected chi connectivity index (χ2v) is 7.63. The van der Waals surface area contributed by atoms with Gasteiger partial charge in [-0.25, -0.2) is 0 Å². The average Bonchev–Trinajstić information content (AvgIpc) is 3.26. The van der Waals surface area contributed by atoms with Gasteiger partial charge >= 0.3 is 0 Å². The van der Waals surface area contributed by atoms with Crippen LogP contribution in [0.4, 0.5) is 0 Å². The Hall–Kier alpha value is -2.64. The molecular weight excluding hydrogens is 370 g/mol. The maximum absolute atomic E-state index is 12.7. The van der Waals surface area contributed by atoms with Gasteiger partial charge in [-0.2, -0.15) is 0 Å². The third-order valence-electron chi connectivity index (χ3n) is 4.96. The fourth-order valence-electron chi connectivity index (χ4n) is 3.37. The fourth-order valence-corrected chi connectivity index (χ4v) is 3.37. The Morgan fingerprint density at radius 1 is 1.17 bits per heavy atom. The van der Waals surface area contributed by atoms with E-state index in [9.17, 15) is 9.59 Å². The molecule has 7 nitrogen and oxygen atoms in total. The predicted molar refractivity (Wildman–Crippen MR) is 109 cm³/mol. The molecule has 2 N–H and O–H groups in total. The molecule has 0 spiro atoms. The number of carbonyl (C=O) groups is 2. The highest BCUT2D eigenvalue weighted by Crippen LogP contribution is 2.11. The third kappa shape index (κ3) is 6.17. The van der Waals surface area contributed by atoms with E-state index >= 15 is 0 Å². The molecule has 1 saturated heterocycles. The van der Waals surface area contributed by atoms with Crippen molar-refractivity contribution in [2.75, 3.05) is 26.2 Å². The monoisotopic (exact) mass is 399 g/mol. The molecule has 2 amide bonds. The van der Waals surface area contributed by atoms with E-state index in [1.54, 1.807) is 12.1 Å². The van der Waals surface area contributed by atoms with Crippen molar-refractivity contribution < 1.29 is 18.7 Å². The van der Waals surface area contributed by atoms with Crippen LogP contribution < -0.4 is 10.6 Å². The van der Waals surface area contributed by atoms with Gasteiger partial charge in [0.1, 0.15) is 6.04 Å². The molecule has 7 heteroatoms. The van der Waals surface area contributed by atoms with E-state index in [4.69, 9.17) is 9.15 Å². The SMILES string of the molecule is CC(C)C(NC(=O)c1ccco1)C(=O)NCC1CN(Cc2ccccc2)CCO1. The minimum atomic E-state index is -0.642. The fraction of sp³-hybridized carbons (Fsp3) is 0.455. The van der Waals surface area contributed by atoms with Gasteiger partial charge in [-0.15, -0.1) is 0 Å². The third-order valence-corrected chi connectivity index (χ3v) is 4.96. The van der Waals surface area contributed by atoms with E-state index in [-0.39, 0.29) is 23.7 Å². The van der Waals surface area contributed by atoms with Gasteiger partial charge in [0.2, 0.25) is 5.91 Å². The molecule has 29 heavy (non-hydrogen) atoms. The molecule has 0 saturated carbocycles. The van der Waals surface area contributed by atoms with Gasteiger partial charge in [-0.05, 0) is 23.6 Å². The molecule has 0 radical (unpaired) electrons. The normalized spacial score (nSPS) is 18.4. The number of hydrogen-bond donors (Lipinski definition) is 2. The summed E-state index contributed by atoms with van der Waals surface area (Å²) in [6.07, 6.45) is 1.35. The number of benzene rings is 1. The summed E-state index contributed by atoms with van der Waals surface area (Å²) in [5.41, 5.74) is 1.26. The molecule has 0 bridgehead atoms. The summed E-state index contributed by atoms with van der Waals surface area (Å²) >= 11 is 0. The van der Waals surface area contributed by atoms with Crippen molar-refractivity contribution in [1.82, 2.24) is 15.5 Å². The van der Waals surface area contributed by atoms with Crippen LogP contribution in [0.2, 0.25) is 0 Å². The molecule has 1 aliphatic rings. The Labute approximate surface area is 171 Å². The summed E-state index contributed by atoms with van der Waals surface area (Å²) in [6, 6.07) is 12.9. The van der Waals surface area contributed by atoms with E-state index in [0.29, 0.717) is 13.2 Å². The lowest BCUT2D eigenvalue weighted by Gasteiger charge is -2.33. The number of hydrogen-bond acceptors (Lipinski definition) is 5. The zero-order chi connectivity index (χ0) is 20.6. The lowest BCUT2D eigenvalue weighted by atomic mass is 10.0. The van der Waals surface area contributed by atoms with Crippen molar-refractivity contribution >= 4 is 11.8 Å². The van der Waals surface area contributed by atoms with Crippen molar-refractivity contribution in [2.24, 2.45) is 5.92 Å². The Bertz CT molecular complexity index is 777. The largest absolute Gasteiger partial charge is 0.459 e. The zero-order valence-corrected chi connectivity index (χ0v) is 17.0. The van der Waals surface area contributed by atoms with Crippen molar-refractivity contribution in [1.29, 1.82) is 0 Å². The van der Waals surface area contributed by atoms with Gasteiger partial charge in [0.15, 0.2) is 5.76 Å². The molecule has 1 aromatic heterocycles.